The van der Waals surface area contributed by atoms with Crippen LogP contribution in [0.15, 0.2) is 24.3 Å². The molecule has 0 radical (unpaired) electrons. The Morgan fingerprint density at radius 1 is 1.37 bits per heavy atom. The molecule has 1 atom stereocenters. The van der Waals surface area contributed by atoms with E-state index < -0.39 is 24.7 Å². The molecule has 0 fully saturated rings. The van der Waals surface area contributed by atoms with Crippen molar-refractivity contribution in [2.75, 3.05) is 11.9 Å². The maximum Gasteiger partial charge on any atom is 0.405 e. The van der Waals surface area contributed by atoms with Gasteiger partial charge in [-0.3, -0.25) is 4.79 Å². The lowest BCUT2D eigenvalue weighted by Crippen LogP contribution is -2.42. The summed E-state index contributed by atoms with van der Waals surface area (Å²) in [6.45, 7) is 2.20. The van der Waals surface area contributed by atoms with E-state index in [2.05, 4.69) is 5.32 Å². The first-order chi connectivity index (χ1) is 8.81. The van der Waals surface area contributed by atoms with Gasteiger partial charge < -0.3 is 10.6 Å². The van der Waals surface area contributed by atoms with Gasteiger partial charge in [-0.15, -0.1) is 0 Å². The predicted octanol–water partition coefficient (Wildman–Crippen LogP) is 2.73. The zero-order valence-corrected chi connectivity index (χ0v) is 10.8. The van der Waals surface area contributed by atoms with Gasteiger partial charge in [0, 0.05) is 5.69 Å². The molecule has 0 heterocycles. The molecule has 0 aliphatic heterocycles. The number of carbonyl (C=O) groups excluding carboxylic acids is 1. The Hall–Kier alpha value is -1.72. The average Bonchev–Trinajstić information content (AvgIpc) is 2.35. The van der Waals surface area contributed by atoms with Crippen molar-refractivity contribution in [3.63, 3.8) is 0 Å². The summed E-state index contributed by atoms with van der Waals surface area (Å²) in [5, 5.41) is 4.72. The van der Waals surface area contributed by atoms with Crippen LogP contribution in [0.4, 0.5) is 18.9 Å². The van der Waals surface area contributed by atoms with Crippen LogP contribution in [0, 0.1) is 0 Å². The van der Waals surface area contributed by atoms with Crippen LogP contribution in [0.25, 0.3) is 0 Å². The maximum absolute atomic E-state index is 12.0. The van der Waals surface area contributed by atoms with Gasteiger partial charge in [-0.2, -0.15) is 13.2 Å². The summed E-state index contributed by atoms with van der Waals surface area (Å²) in [5.74, 6) is -0.681. The van der Waals surface area contributed by atoms with Crippen molar-refractivity contribution in [3.05, 3.63) is 29.8 Å². The van der Waals surface area contributed by atoms with Crippen LogP contribution in [-0.4, -0.2) is 24.7 Å². The Morgan fingerprint density at radius 3 is 2.63 bits per heavy atom. The van der Waals surface area contributed by atoms with Gasteiger partial charge in [0.05, 0.1) is 0 Å². The molecule has 0 aliphatic carbocycles. The van der Waals surface area contributed by atoms with Gasteiger partial charge in [-0.05, 0) is 31.0 Å². The van der Waals surface area contributed by atoms with E-state index in [4.69, 9.17) is 0 Å². The Balaban J connectivity index is 2.53. The van der Waals surface area contributed by atoms with Gasteiger partial charge in [0.2, 0.25) is 5.91 Å². The van der Waals surface area contributed by atoms with Gasteiger partial charge in [-0.25, -0.2) is 0 Å². The number of hydrogen-bond acceptors (Lipinski definition) is 2. The Kier molecular flexibility index (Phi) is 5.20. The lowest BCUT2D eigenvalue weighted by molar-refractivity contribution is -0.138. The fourth-order valence-electron chi connectivity index (χ4n) is 1.54. The molecule has 0 aromatic heterocycles. The molecule has 3 nitrogen and oxygen atoms in total. The molecule has 0 saturated heterocycles. The smallest absolute Gasteiger partial charge is 0.374 e. The second-order valence-corrected chi connectivity index (χ2v) is 4.25. The molecule has 19 heavy (non-hydrogen) atoms. The minimum Gasteiger partial charge on any atom is -0.374 e. The van der Waals surface area contributed by atoms with Crippen molar-refractivity contribution in [1.82, 2.24) is 5.32 Å². The molecule has 0 spiro atoms. The van der Waals surface area contributed by atoms with Gasteiger partial charge >= 0.3 is 6.18 Å². The Morgan fingerprint density at radius 2 is 2.05 bits per heavy atom. The van der Waals surface area contributed by atoms with E-state index in [0.717, 1.165) is 12.0 Å². The third-order valence-electron chi connectivity index (χ3n) is 2.57. The number of benzene rings is 1. The quantitative estimate of drug-likeness (QED) is 0.866. The van der Waals surface area contributed by atoms with Crippen LogP contribution >= 0.6 is 0 Å². The van der Waals surface area contributed by atoms with E-state index in [0.29, 0.717) is 5.69 Å². The topological polar surface area (TPSA) is 41.1 Å². The Labute approximate surface area is 110 Å². The number of halogens is 3. The molecule has 106 valence electrons. The van der Waals surface area contributed by atoms with Crippen molar-refractivity contribution < 1.29 is 18.0 Å². The highest BCUT2D eigenvalue weighted by atomic mass is 19.4. The lowest BCUT2D eigenvalue weighted by Gasteiger charge is -2.16. The monoisotopic (exact) mass is 274 g/mol. The first-order valence-electron chi connectivity index (χ1n) is 6.01. The number of rotatable bonds is 5. The maximum atomic E-state index is 12.0. The van der Waals surface area contributed by atoms with Crippen molar-refractivity contribution in [2.45, 2.75) is 32.5 Å². The fraction of sp³-hybridized carbons (Fsp3) is 0.462. The number of nitrogens with one attached hydrogen (secondary N) is 2. The van der Waals surface area contributed by atoms with Gasteiger partial charge in [0.25, 0.3) is 0 Å². The van der Waals surface area contributed by atoms with E-state index in [1.54, 1.807) is 6.07 Å². The second-order valence-electron chi connectivity index (χ2n) is 4.25. The van der Waals surface area contributed by atoms with E-state index in [1.807, 2.05) is 30.4 Å². The molecule has 6 heteroatoms. The molecule has 2 N–H and O–H groups in total. The van der Waals surface area contributed by atoms with Crippen LogP contribution in [0.3, 0.4) is 0 Å². The third-order valence-corrected chi connectivity index (χ3v) is 2.57. The minimum absolute atomic E-state index is 0.681. The summed E-state index contributed by atoms with van der Waals surface area (Å²) in [6.07, 6.45) is -3.54. The number of amides is 1. The molecule has 1 aromatic rings. The highest BCUT2D eigenvalue weighted by molar-refractivity contribution is 5.84. The average molecular weight is 274 g/mol. The predicted molar refractivity (Wildman–Crippen MR) is 68.0 cm³/mol. The first kappa shape index (κ1) is 15.3. The number of carbonyl (C=O) groups is 1. The fourth-order valence-corrected chi connectivity index (χ4v) is 1.54. The number of aryl methyl sites for hydroxylation is 1. The normalized spacial score (nSPS) is 12.9. The van der Waals surface area contributed by atoms with E-state index in [9.17, 15) is 18.0 Å². The zero-order valence-electron chi connectivity index (χ0n) is 10.8. The molecule has 0 aliphatic rings. The highest BCUT2D eigenvalue weighted by Crippen LogP contribution is 2.14. The Bertz CT molecular complexity index is 432. The molecule has 1 unspecified atom stereocenters. The zero-order chi connectivity index (χ0) is 14.5. The summed E-state index contributed by atoms with van der Waals surface area (Å²) in [5.41, 5.74) is 1.81. The van der Waals surface area contributed by atoms with E-state index in [-0.39, 0.29) is 0 Å². The standard InChI is InChI=1S/C13H17F3N2O/c1-3-10-5-4-6-11(7-10)18-9(2)12(19)17-8-13(14,15)16/h4-7,9,18H,3,8H2,1-2H3,(H,17,19). The number of hydrogen-bond donors (Lipinski definition) is 2. The van der Waals surface area contributed by atoms with E-state index in [1.165, 1.54) is 6.92 Å². The summed E-state index contributed by atoms with van der Waals surface area (Å²) >= 11 is 0. The summed E-state index contributed by atoms with van der Waals surface area (Å²) in [6, 6.07) is 6.69. The van der Waals surface area contributed by atoms with Crippen molar-refractivity contribution >= 4 is 11.6 Å². The van der Waals surface area contributed by atoms with Gasteiger partial charge in [-0.1, -0.05) is 19.1 Å². The summed E-state index contributed by atoms with van der Waals surface area (Å²) in [4.78, 5) is 11.5. The largest absolute Gasteiger partial charge is 0.405 e. The van der Waals surface area contributed by atoms with Crippen molar-refractivity contribution in [3.8, 4) is 0 Å². The van der Waals surface area contributed by atoms with Crippen LogP contribution in [-0.2, 0) is 11.2 Å². The number of anilines is 1. The molecular formula is C13H17F3N2O. The second kappa shape index (κ2) is 6.45. The van der Waals surface area contributed by atoms with Crippen molar-refractivity contribution in [2.24, 2.45) is 0 Å². The van der Waals surface area contributed by atoms with Crippen LogP contribution in [0.1, 0.15) is 19.4 Å². The third kappa shape index (κ3) is 5.63. The van der Waals surface area contributed by atoms with Crippen molar-refractivity contribution in [1.29, 1.82) is 0 Å². The lowest BCUT2D eigenvalue weighted by atomic mass is 10.1. The first-order valence-corrected chi connectivity index (χ1v) is 6.01. The van der Waals surface area contributed by atoms with Gasteiger partial charge in [0.15, 0.2) is 0 Å². The highest BCUT2D eigenvalue weighted by Gasteiger charge is 2.28. The molecule has 0 bridgehead atoms. The van der Waals surface area contributed by atoms with Gasteiger partial charge in [0.1, 0.15) is 12.6 Å². The van der Waals surface area contributed by atoms with Crippen LogP contribution in [0.5, 0.6) is 0 Å². The summed E-state index contributed by atoms with van der Waals surface area (Å²) in [7, 11) is 0. The minimum atomic E-state index is -4.39. The van der Waals surface area contributed by atoms with Crippen LogP contribution in [0.2, 0.25) is 0 Å². The van der Waals surface area contributed by atoms with E-state index >= 15 is 0 Å². The molecule has 1 rings (SSSR count). The molecule has 1 amide bonds. The van der Waals surface area contributed by atoms with Crippen LogP contribution < -0.4 is 10.6 Å². The summed E-state index contributed by atoms with van der Waals surface area (Å²) < 4.78 is 35.9. The number of alkyl halides is 3. The molecule has 1 aromatic carbocycles. The SMILES string of the molecule is CCc1cccc(NC(C)C(=O)NCC(F)(F)F)c1. The molecular weight excluding hydrogens is 257 g/mol. The molecule has 0 saturated carbocycles.